The number of hydrogen-bond donors (Lipinski definition) is 0. The molecule has 0 aromatic heterocycles. The van der Waals surface area contributed by atoms with Gasteiger partial charge in [0.15, 0.2) is 0 Å². The van der Waals surface area contributed by atoms with Crippen molar-refractivity contribution in [1.82, 2.24) is 0 Å². The lowest BCUT2D eigenvalue weighted by Gasteiger charge is -2.28. The van der Waals surface area contributed by atoms with E-state index in [0.717, 1.165) is 11.1 Å². The Morgan fingerprint density at radius 1 is 1.19 bits per heavy atom. The number of carbonyl (C=O) groups is 2. The molecule has 1 unspecified atom stereocenters. The molecule has 0 aliphatic carbocycles. The van der Waals surface area contributed by atoms with Crippen LogP contribution in [-0.2, 0) is 14.3 Å². The Morgan fingerprint density at radius 3 is 2.31 bits per heavy atom. The van der Waals surface area contributed by atoms with Crippen molar-refractivity contribution in [2.75, 3.05) is 0 Å². The zero-order valence-corrected chi connectivity index (χ0v) is 15.5. The molecule has 1 aromatic carbocycles. The number of benzene rings is 1. The van der Waals surface area contributed by atoms with Gasteiger partial charge in [-0.05, 0) is 46.2 Å². The van der Waals surface area contributed by atoms with Gasteiger partial charge in [0.05, 0.1) is 5.56 Å². The minimum absolute atomic E-state index is 0.0283. The molecule has 0 aliphatic rings. The average Bonchev–Trinajstić information content (AvgIpc) is 2.46. The number of carbonyl (C=O) groups excluding carboxylic acids is 2. The predicted molar refractivity (Wildman–Crippen MR) is 90.8 cm³/mol. The lowest BCUT2D eigenvalue weighted by atomic mass is 10.0. The van der Waals surface area contributed by atoms with E-state index in [1.807, 2.05) is 13.0 Å². The first-order chi connectivity index (χ1) is 11.7. The van der Waals surface area contributed by atoms with Crippen LogP contribution in [0, 0.1) is 13.8 Å². The molecule has 0 saturated heterocycles. The summed E-state index contributed by atoms with van der Waals surface area (Å²) in [7, 11) is 0. The van der Waals surface area contributed by atoms with Gasteiger partial charge in [-0.3, -0.25) is 0 Å². The largest absolute Gasteiger partial charge is 0.459 e. The summed E-state index contributed by atoms with van der Waals surface area (Å²) in [6.45, 7) is 10.8. The molecule has 26 heavy (non-hydrogen) atoms. The minimum atomic E-state index is -4.85. The van der Waals surface area contributed by atoms with Gasteiger partial charge in [-0.1, -0.05) is 24.3 Å². The fourth-order valence-electron chi connectivity index (χ4n) is 2.41. The molecule has 1 rings (SSSR count). The van der Waals surface area contributed by atoms with Gasteiger partial charge in [0.25, 0.3) is 0 Å². The van der Waals surface area contributed by atoms with Crippen molar-refractivity contribution in [2.45, 2.75) is 58.9 Å². The highest BCUT2D eigenvalue weighted by molar-refractivity contribution is 5.91. The molecule has 0 N–H and O–H groups in total. The van der Waals surface area contributed by atoms with E-state index in [-0.39, 0.29) is 6.42 Å². The summed E-state index contributed by atoms with van der Waals surface area (Å²) in [6, 6.07) is 5.36. The summed E-state index contributed by atoms with van der Waals surface area (Å²) >= 11 is 0. The molecule has 0 amide bonds. The van der Waals surface area contributed by atoms with E-state index in [1.165, 1.54) is 13.8 Å². The number of ether oxygens (including phenoxy) is 2. The maximum absolute atomic E-state index is 12.5. The number of alkyl halides is 3. The summed E-state index contributed by atoms with van der Waals surface area (Å²) in [5, 5.41) is 0. The second-order valence-corrected chi connectivity index (χ2v) is 6.86. The molecular formula is C19H23F3O4. The van der Waals surface area contributed by atoms with Gasteiger partial charge >= 0.3 is 18.1 Å². The summed E-state index contributed by atoms with van der Waals surface area (Å²) in [5.74, 6) is -2.09. The Kier molecular flexibility index (Phi) is 6.63. The van der Waals surface area contributed by atoms with Crippen LogP contribution in [0.4, 0.5) is 13.2 Å². The monoisotopic (exact) mass is 372 g/mol. The molecule has 7 heteroatoms. The summed E-state index contributed by atoms with van der Waals surface area (Å²) in [6.07, 6.45) is -5.50. The van der Waals surface area contributed by atoms with Gasteiger partial charge in [0, 0.05) is 6.42 Å². The zero-order chi connectivity index (χ0) is 20.3. The molecule has 0 saturated carbocycles. The molecule has 0 bridgehead atoms. The van der Waals surface area contributed by atoms with Crippen LogP contribution in [-0.4, -0.2) is 29.8 Å². The maximum Gasteiger partial charge on any atom is 0.422 e. The molecule has 0 spiro atoms. The van der Waals surface area contributed by atoms with Crippen LogP contribution in [0.15, 0.2) is 30.4 Å². The van der Waals surface area contributed by atoms with Crippen molar-refractivity contribution in [2.24, 2.45) is 0 Å². The molecule has 144 valence electrons. The normalized spacial score (nSPS) is 13.1. The number of aryl methyl sites for hydroxylation is 2. The van der Waals surface area contributed by atoms with Crippen LogP contribution in [0.2, 0.25) is 0 Å². The van der Waals surface area contributed by atoms with E-state index in [0.29, 0.717) is 5.56 Å². The fraction of sp³-hybridized carbons (Fsp3) is 0.474. The van der Waals surface area contributed by atoms with E-state index in [4.69, 9.17) is 9.47 Å². The third kappa shape index (κ3) is 6.20. The standard InChI is InChI=1S/C19H23F3O4/c1-11-7-8-12(2)15(9-11)17(24)25-13(3)10-18(5,6)26-16(23)14(4)19(20,21)22/h7-9,13H,4,10H2,1-3,5-6H3. The summed E-state index contributed by atoms with van der Waals surface area (Å²) < 4.78 is 47.7. The van der Waals surface area contributed by atoms with E-state index in [1.54, 1.807) is 26.0 Å². The van der Waals surface area contributed by atoms with Crippen LogP contribution >= 0.6 is 0 Å². The number of hydrogen-bond acceptors (Lipinski definition) is 4. The second-order valence-electron chi connectivity index (χ2n) is 6.86. The number of rotatable bonds is 6. The average molecular weight is 372 g/mol. The molecule has 0 fully saturated rings. The Hall–Kier alpha value is -2.31. The van der Waals surface area contributed by atoms with Gasteiger partial charge in [0.1, 0.15) is 17.3 Å². The molecular weight excluding hydrogens is 349 g/mol. The minimum Gasteiger partial charge on any atom is -0.459 e. The molecule has 0 heterocycles. The summed E-state index contributed by atoms with van der Waals surface area (Å²) in [4.78, 5) is 23.8. The van der Waals surface area contributed by atoms with Crippen molar-refractivity contribution < 1.29 is 32.2 Å². The molecule has 4 nitrogen and oxygen atoms in total. The van der Waals surface area contributed by atoms with Gasteiger partial charge in [-0.2, -0.15) is 13.2 Å². The first kappa shape index (κ1) is 21.7. The van der Waals surface area contributed by atoms with Crippen LogP contribution in [0.25, 0.3) is 0 Å². The van der Waals surface area contributed by atoms with Crippen molar-refractivity contribution in [3.63, 3.8) is 0 Å². The molecule has 1 aromatic rings. The molecule has 1 atom stereocenters. The van der Waals surface area contributed by atoms with Gasteiger partial charge in [-0.25, -0.2) is 9.59 Å². The van der Waals surface area contributed by atoms with Crippen molar-refractivity contribution >= 4 is 11.9 Å². The Morgan fingerprint density at radius 2 is 1.77 bits per heavy atom. The van der Waals surface area contributed by atoms with Crippen LogP contribution in [0.5, 0.6) is 0 Å². The van der Waals surface area contributed by atoms with Gasteiger partial charge < -0.3 is 9.47 Å². The third-order valence-corrected chi connectivity index (χ3v) is 3.66. The Bertz CT molecular complexity index is 705. The Labute approximate surface area is 151 Å². The van der Waals surface area contributed by atoms with Gasteiger partial charge in [0.2, 0.25) is 0 Å². The van der Waals surface area contributed by atoms with Crippen molar-refractivity contribution in [1.29, 1.82) is 0 Å². The van der Waals surface area contributed by atoms with Crippen molar-refractivity contribution in [3.8, 4) is 0 Å². The molecule has 0 aliphatic heterocycles. The zero-order valence-electron chi connectivity index (χ0n) is 15.5. The van der Waals surface area contributed by atoms with Gasteiger partial charge in [-0.15, -0.1) is 0 Å². The third-order valence-electron chi connectivity index (χ3n) is 3.66. The lowest BCUT2D eigenvalue weighted by molar-refractivity contribution is -0.163. The van der Waals surface area contributed by atoms with Crippen LogP contribution < -0.4 is 0 Å². The first-order valence-corrected chi connectivity index (χ1v) is 8.00. The van der Waals surface area contributed by atoms with Crippen LogP contribution in [0.1, 0.15) is 48.7 Å². The highest BCUT2D eigenvalue weighted by Gasteiger charge is 2.40. The Balaban J connectivity index is 2.72. The maximum atomic E-state index is 12.5. The molecule has 0 radical (unpaired) electrons. The van der Waals surface area contributed by atoms with E-state index < -0.39 is 35.4 Å². The second kappa shape index (κ2) is 7.93. The van der Waals surface area contributed by atoms with E-state index >= 15 is 0 Å². The van der Waals surface area contributed by atoms with E-state index in [9.17, 15) is 22.8 Å². The SMILES string of the molecule is C=C(C(=O)OC(C)(C)CC(C)OC(=O)c1cc(C)ccc1C)C(F)(F)F. The lowest BCUT2D eigenvalue weighted by Crippen LogP contribution is -2.35. The number of halogens is 3. The highest BCUT2D eigenvalue weighted by atomic mass is 19.4. The van der Waals surface area contributed by atoms with E-state index in [2.05, 4.69) is 6.58 Å². The highest BCUT2D eigenvalue weighted by Crippen LogP contribution is 2.28. The van der Waals surface area contributed by atoms with Crippen molar-refractivity contribution in [3.05, 3.63) is 47.0 Å². The summed E-state index contributed by atoms with van der Waals surface area (Å²) in [5.41, 5.74) is -0.787. The predicted octanol–water partition coefficient (Wildman–Crippen LogP) is 4.68. The smallest absolute Gasteiger partial charge is 0.422 e. The fourth-order valence-corrected chi connectivity index (χ4v) is 2.41. The quantitative estimate of drug-likeness (QED) is 0.537. The van der Waals surface area contributed by atoms with Crippen LogP contribution in [0.3, 0.4) is 0 Å². The first-order valence-electron chi connectivity index (χ1n) is 8.00. The topological polar surface area (TPSA) is 52.6 Å². The number of esters is 2.